The van der Waals surface area contributed by atoms with Gasteiger partial charge in [0.2, 0.25) is 5.88 Å². The molecule has 0 saturated heterocycles. The number of anilines is 1. The van der Waals surface area contributed by atoms with Crippen LogP contribution in [-0.4, -0.2) is 41.4 Å². The van der Waals surface area contributed by atoms with Gasteiger partial charge >= 0.3 is 12.1 Å². The topological polar surface area (TPSA) is 131 Å². The first-order chi connectivity index (χ1) is 16.3. The molecule has 1 aliphatic carbocycles. The van der Waals surface area contributed by atoms with E-state index in [0.29, 0.717) is 0 Å². The van der Waals surface area contributed by atoms with Gasteiger partial charge in [-0.25, -0.2) is 4.79 Å². The van der Waals surface area contributed by atoms with Gasteiger partial charge in [-0.2, -0.15) is 0 Å². The maximum atomic E-state index is 12.4. The van der Waals surface area contributed by atoms with Crippen molar-refractivity contribution in [1.29, 1.82) is 0 Å². The van der Waals surface area contributed by atoms with Crippen molar-refractivity contribution in [2.45, 2.75) is 19.8 Å². The van der Waals surface area contributed by atoms with Gasteiger partial charge < -0.3 is 19.7 Å². The molecule has 4 rings (SSSR count). The van der Waals surface area contributed by atoms with Crippen LogP contribution in [0.5, 0.6) is 0 Å². The Morgan fingerprint density at radius 3 is 2.26 bits per heavy atom. The fourth-order valence-electron chi connectivity index (χ4n) is 4.08. The third-order valence-electron chi connectivity index (χ3n) is 5.92. The van der Waals surface area contributed by atoms with Gasteiger partial charge in [-0.05, 0) is 28.2 Å². The molecule has 3 N–H and O–H groups in total. The quantitative estimate of drug-likeness (QED) is 0.458. The van der Waals surface area contributed by atoms with E-state index in [4.69, 9.17) is 9.26 Å². The van der Waals surface area contributed by atoms with Crippen LogP contribution in [0.2, 0.25) is 0 Å². The van der Waals surface area contributed by atoms with Crippen molar-refractivity contribution in [2.24, 2.45) is 11.8 Å². The smallest absolute Gasteiger partial charge is 0.414 e. The van der Waals surface area contributed by atoms with Crippen LogP contribution in [0.15, 0.2) is 59.1 Å². The van der Waals surface area contributed by atoms with Crippen molar-refractivity contribution < 1.29 is 28.8 Å². The first-order valence-corrected chi connectivity index (χ1v) is 10.9. The summed E-state index contributed by atoms with van der Waals surface area (Å²) in [4.78, 5) is 35.9. The molecule has 34 heavy (non-hydrogen) atoms. The zero-order valence-corrected chi connectivity index (χ0v) is 18.8. The van der Waals surface area contributed by atoms with Crippen molar-refractivity contribution in [1.82, 2.24) is 10.5 Å². The molecule has 0 spiro atoms. The summed E-state index contributed by atoms with van der Waals surface area (Å²) in [5.74, 6) is -2.61. The largest absolute Gasteiger partial charge is 0.481 e. The van der Waals surface area contributed by atoms with Gasteiger partial charge in [-0.15, -0.1) is 0 Å². The molecule has 3 aromatic rings. The number of nitrogens with one attached hydrogen (secondary N) is 2. The highest BCUT2D eigenvalue weighted by Gasteiger charge is 2.29. The van der Waals surface area contributed by atoms with E-state index in [2.05, 4.69) is 27.9 Å². The number of carbonyl (C=O) groups is 3. The van der Waals surface area contributed by atoms with E-state index in [1.807, 2.05) is 36.4 Å². The number of nitrogens with zero attached hydrogens (tertiary/aromatic N) is 1. The fraction of sp³-hybridized carbons (Fsp3) is 0.280. The third kappa shape index (κ3) is 4.78. The van der Waals surface area contributed by atoms with Crippen LogP contribution in [-0.2, 0) is 9.53 Å². The van der Waals surface area contributed by atoms with E-state index in [0.717, 1.165) is 22.3 Å². The Morgan fingerprint density at radius 1 is 1.06 bits per heavy atom. The van der Waals surface area contributed by atoms with Crippen molar-refractivity contribution >= 4 is 23.9 Å². The van der Waals surface area contributed by atoms with Crippen molar-refractivity contribution in [3.63, 3.8) is 0 Å². The normalized spacial score (nSPS) is 13.1. The van der Waals surface area contributed by atoms with Gasteiger partial charge in [0.05, 0.1) is 5.92 Å². The summed E-state index contributed by atoms with van der Waals surface area (Å²) in [5.41, 5.74) is 4.36. The van der Waals surface area contributed by atoms with Crippen LogP contribution in [0.3, 0.4) is 0 Å². The summed E-state index contributed by atoms with van der Waals surface area (Å²) in [6, 6.07) is 17.3. The first-order valence-electron chi connectivity index (χ1n) is 10.9. The number of fused-ring (bicyclic) bond motifs is 3. The Balaban J connectivity index is 1.33. The fourth-order valence-corrected chi connectivity index (χ4v) is 4.08. The maximum absolute atomic E-state index is 12.4. The van der Waals surface area contributed by atoms with Gasteiger partial charge in [0, 0.05) is 18.5 Å². The summed E-state index contributed by atoms with van der Waals surface area (Å²) in [6.07, 6.45) is -0.740. The molecule has 0 aliphatic heterocycles. The lowest BCUT2D eigenvalue weighted by atomic mass is 9.96. The van der Waals surface area contributed by atoms with E-state index in [9.17, 15) is 19.5 Å². The lowest BCUT2D eigenvalue weighted by Gasteiger charge is -2.16. The second-order valence-electron chi connectivity index (χ2n) is 8.43. The number of aromatic nitrogens is 1. The zero-order valence-electron chi connectivity index (χ0n) is 18.8. The molecular formula is C25H25N3O6. The highest BCUT2D eigenvalue weighted by molar-refractivity contribution is 5.94. The number of aliphatic carboxylic acids is 1. The van der Waals surface area contributed by atoms with Crippen LogP contribution in [0.4, 0.5) is 10.7 Å². The van der Waals surface area contributed by atoms with Gasteiger partial charge in [-0.3, -0.25) is 14.9 Å². The van der Waals surface area contributed by atoms with Crippen LogP contribution < -0.4 is 10.6 Å². The van der Waals surface area contributed by atoms with Gasteiger partial charge in [0.1, 0.15) is 6.61 Å². The Hall–Kier alpha value is -4.14. The Bertz CT molecular complexity index is 1170. The summed E-state index contributed by atoms with van der Waals surface area (Å²) < 4.78 is 10.4. The zero-order chi connectivity index (χ0) is 24.2. The highest BCUT2D eigenvalue weighted by Crippen LogP contribution is 2.44. The molecule has 1 unspecified atom stereocenters. The molecule has 9 heteroatoms. The molecule has 1 aromatic heterocycles. The molecule has 2 amide bonds. The predicted molar refractivity (Wildman–Crippen MR) is 123 cm³/mol. The molecule has 0 fully saturated rings. The van der Waals surface area contributed by atoms with Gasteiger partial charge in [0.15, 0.2) is 5.69 Å². The van der Waals surface area contributed by atoms with E-state index >= 15 is 0 Å². The molecule has 176 valence electrons. The number of amides is 2. The molecule has 1 atom stereocenters. The van der Waals surface area contributed by atoms with Crippen LogP contribution >= 0.6 is 0 Å². The van der Waals surface area contributed by atoms with E-state index in [1.54, 1.807) is 13.8 Å². The van der Waals surface area contributed by atoms with E-state index in [-0.39, 0.29) is 36.6 Å². The van der Waals surface area contributed by atoms with E-state index in [1.165, 1.54) is 6.07 Å². The Morgan fingerprint density at radius 2 is 1.68 bits per heavy atom. The third-order valence-corrected chi connectivity index (χ3v) is 5.92. The summed E-state index contributed by atoms with van der Waals surface area (Å²) in [6.45, 7) is 3.61. The van der Waals surface area contributed by atoms with Crippen molar-refractivity contribution in [3.8, 4) is 11.1 Å². The minimum absolute atomic E-state index is 0.0478. The van der Waals surface area contributed by atoms with Gasteiger partial charge in [0.25, 0.3) is 5.91 Å². The SMILES string of the molecule is CC(C)C(CNC(=O)c1cc(NC(=O)OCC2c3ccccc3-c3ccccc32)on1)C(=O)O. The number of ether oxygens (including phenoxy) is 1. The average Bonchev–Trinajstić information content (AvgIpc) is 3.40. The predicted octanol–water partition coefficient (Wildman–Crippen LogP) is 4.12. The lowest BCUT2D eigenvalue weighted by Crippen LogP contribution is -2.35. The standard InChI is InChI=1S/C25H25N3O6/c1-14(2)19(24(30)31)12-26-23(29)21-11-22(34-28-21)27-25(32)33-13-20-17-9-5-3-7-15(17)16-8-4-6-10-18(16)20/h3-11,14,19-20H,12-13H2,1-2H3,(H,26,29)(H,27,32)(H,30,31). The highest BCUT2D eigenvalue weighted by atomic mass is 16.6. The molecule has 1 heterocycles. The van der Waals surface area contributed by atoms with Crippen LogP contribution in [0.1, 0.15) is 41.4 Å². The number of carbonyl (C=O) groups excluding carboxylic acids is 2. The molecule has 0 radical (unpaired) electrons. The second-order valence-corrected chi connectivity index (χ2v) is 8.43. The number of rotatable bonds is 8. The number of carboxylic acid groups (broad SMARTS) is 1. The molecule has 0 bridgehead atoms. The average molecular weight is 463 g/mol. The Kier molecular flexibility index (Phi) is 6.62. The first kappa shape index (κ1) is 23.0. The number of hydrogen-bond donors (Lipinski definition) is 3. The summed E-state index contributed by atoms with van der Waals surface area (Å²) >= 11 is 0. The second kappa shape index (κ2) is 9.78. The Labute approximate surface area is 196 Å². The van der Waals surface area contributed by atoms with Crippen molar-refractivity contribution in [3.05, 3.63) is 71.4 Å². The number of carboxylic acids is 1. The maximum Gasteiger partial charge on any atom is 0.414 e. The minimum Gasteiger partial charge on any atom is -0.481 e. The molecular weight excluding hydrogens is 438 g/mol. The lowest BCUT2D eigenvalue weighted by molar-refractivity contribution is -0.142. The molecule has 0 saturated carbocycles. The number of hydrogen-bond acceptors (Lipinski definition) is 6. The molecule has 9 nitrogen and oxygen atoms in total. The number of benzene rings is 2. The summed E-state index contributed by atoms with van der Waals surface area (Å²) in [7, 11) is 0. The van der Waals surface area contributed by atoms with E-state index < -0.39 is 23.9 Å². The molecule has 2 aromatic carbocycles. The minimum atomic E-state index is -0.993. The van der Waals surface area contributed by atoms with Crippen LogP contribution in [0.25, 0.3) is 11.1 Å². The summed E-state index contributed by atoms with van der Waals surface area (Å²) in [5, 5.41) is 17.8. The monoisotopic (exact) mass is 463 g/mol. The van der Waals surface area contributed by atoms with Gasteiger partial charge in [-0.1, -0.05) is 67.5 Å². The van der Waals surface area contributed by atoms with Crippen LogP contribution in [0, 0.1) is 11.8 Å². The molecule has 1 aliphatic rings. The van der Waals surface area contributed by atoms with Crippen molar-refractivity contribution in [2.75, 3.05) is 18.5 Å².